The van der Waals surface area contributed by atoms with Crippen molar-refractivity contribution in [2.24, 2.45) is 10.9 Å². The van der Waals surface area contributed by atoms with Gasteiger partial charge in [0.05, 0.1) is 19.8 Å². The molecule has 5 nitrogen and oxygen atoms in total. The van der Waals surface area contributed by atoms with Gasteiger partial charge in [-0.05, 0) is 30.9 Å². The molecule has 1 aromatic carbocycles. The van der Waals surface area contributed by atoms with E-state index in [9.17, 15) is 0 Å². The van der Waals surface area contributed by atoms with Crippen LogP contribution in [-0.2, 0) is 22.6 Å². The van der Waals surface area contributed by atoms with Crippen molar-refractivity contribution in [3.8, 4) is 0 Å². The van der Waals surface area contributed by atoms with E-state index in [1.54, 1.807) is 7.05 Å². The molecule has 136 valence electrons. The highest BCUT2D eigenvalue weighted by Crippen LogP contribution is 2.07. The summed E-state index contributed by atoms with van der Waals surface area (Å²) in [7, 11) is 1.80. The molecule has 1 aromatic rings. The van der Waals surface area contributed by atoms with Crippen molar-refractivity contribution in [3.63, 3.8) is 0 Å². The zero-order valence-corrected chi connectivity index (χ0v) is 15.8. The van der Waals surface area contributed by atoms with E-state index in [2.05, 4.69) is 60.7 Å². The molecule has 0 aromatic heterocycles. The maximum absolute atomic E-state index is 5.62. The number of rotatable bonds is 10. The molecule has 1 atom stereocenters. The van der Waals surface area contributed by atoms with Gasteiger partial charge < -0.3 is 20.1 Å². The summed E-state index contributed by atoms with van der Waals surface area (Å²) in [4.78, 5) is 4.28. The number of benzene rings is 1. The van der Waals surface area contributed by atoms with Crippen LogP contribution in [0.25, 0.3) is 0 Å². The predicted molar refractivity (Wildman–Crippen MR) is 100 cm³/mol. The Kier molecular flexibility index (Phi) is 10.1. The molecule has 5 heteroatoms. The van der Waals surface area contributed by atoms with Gasteiger partial charge in [-0.2, -0.15) is 0 Å². The summed E-state index contributed by atoms with van der Waals surface area (Å²) in [6.45, 7) is 11.9. The predicted octanol–water partition coefficient (Wildman–Crippen LogP) is 2.95. The normalized spacial score (nSPS) is 13.2. The molecule has 2 N–H and O–H groups in total. The van der Waals surface area contributed by atoms with Gasteiger partial charge in [-0.3, -0.25) is 4.99 Å². The Morgan fingerprint density at radius 1 is 1.12 bits per heavy atom. The lowest BCUT2D eigenvalue weighted by Crippen LogP contribution is -2.43. The van der Waals surface area contributed by atoms with E-state index in [4.69, 9.17) is 9.47 Å². The van der Waals surface area contributed by atoms with Crippen molar-refractivity contribution in [3.05, 3.63) is 35.4 Å². The fourth-order valence-electron chi connectivity index (χ4n) is 2.04. The van der Waals surface area contributed by atoms with Crippen LogP contribution in [0, 0.1) is 5.92 Å². The van der Waals surface area contributed by atoms with Gasteiger partial charge in [-0.15, -0.1) is 0 Å². The largest absolute Gasteiger partial charge is 0.379 e. The zero-order chi connectivity index (χ0) is 17.8. The first-order valence-electron chi connectivity index (χ1n) is 8.77. The van der Waals surface area contributed by atoms with Gasteiger partial charge in [-0.25, -0.2) is 0 Å². The third-order valence-corrected chi connectivity index (χ3v) is 3.88. The van der Waals surface area contributed by atoms with E-state index in [0.29, 0.717) is 31.8 Å². The first-order valence-corrected chi connectivity index (χ1v) is 8.77. The second-order valence-electron chi connectivity index (χ2n) is 6.17. The summed E-state index contributed by atoms with van der Waals surface area (Å²) in [5, 5.41) is 6.77. The molecule has 1 unspecified atom stereocenters. The number of hydrogen-bond donors (Lipinski definition) is 2. The van der Waals surface area contributed by atoms with E-state index >= 15 is 0 Å². The maximum Gasteiger partial charge on any atom is 0.191 e. The lowest BCUT2D eigenvalue weighted by atomic mass is 10.1. The minimum absolute atomic E-state index is 0.376. The third-order valence-electron chi connectivity index (χ3n) is 3.88. The van der Waals surface area contributed by atoms with Crippen LogP contribution in [0.1, 0.15) is 38.8 Å². The fraction of sp³-hybridized carbons (Fsp3) is 0.632. The highest BCUT2D eigenvalue weighted by Gasteiger charge is 2.08. The molecule has 0 aliphatic heterocycles. The summed E-state index contributed by atoms with van der Waals surface area (Å²) < 4.78 is 10.9. The average molecular weight is 335 g/mol. The quantitative estimate of drug-likeness (QED) is 0.392. The standard InChI is InChI=1S/C19H33N3O2/c1-6-23-10-11-24-14-18-9-7-8-17(12-18)13-21-19(20-5)22-16(4)15(2)3/h7-9,12,15-16H,6,10-11,13-14H2,1-5H3,(H2,20,21,22). The Balaban J connectivity index is 2.43. The molecular formula is C19H33N3O2. The zero-order valence-electron chi connectivity index (χ0n) is 15.8. The smallest absolute Gasteiger partial charge is 0.191 e. The molecular weight excluding hydrogens is 302 g/mol. The van der Waals surface area contributed by atoms with Crippen LogP contribution in [0.2, 0.25) is 0 Å². The molecule has 0 heterocycles. The van der Waals surface area contributed by atoms with Crippen LogP contribution < -0.4 is 10.6 Å². The summed E-state index contributed by atoms with van der Waals surface area (Å²) in [6.07, 6.45) is 0. The first-order chi connectivity index (χ1) is 11.6. The molecule has 0 saturated heterocycles. The Morgan fingerprint density at radius 3 is 2.50 bits per heavy atom. The van der Waals surface area contributed by atoms with E-state index in [-0.39, 0.29) is 0 Å². The van der Waals surface area contributed by atoms with Crippen molar-refractivity contribution < 1.29 is 9.47 Å². The van der Waals surface area contributed by atoms with Crippen molar-refractivity contribution in [2.45, 2.75) is 46.9 Å². The molecule has 0 amide bonds. The lowest BCUT2D eigenvalue weighted by Gasteiger charge is -2.20. The number of nitrogens with one attached hydrogen (secondary N) is 2. The fourth-order valence-corrected chi connectivity index (χ4v) is 2.04. The van der Waals surface area contributed by atoms with Gasteiger partial charge in [0.25, 0.3) is 0 Å². The van der Waals surface area contributed by atoms with Crippen molar-refractivity contribution in [2.75, 3.05) is 26.9 Å². The number of ether oxygens (including phenoxy) is 2. The van der Waals surface area contributed by atoms with Gasteiger partial charge in [0.1, 0.15) is 0 Å². The van der Waals surface area contributed by atoms with E-state index in [1.165, 1.54) is 11.1 Å². The van der Waals surface area contributed by atoms with Gasteiger partial charge in [-0.1, -0.05) is 38.1 Å². The molecule has 0 fully saturated rings. The monoisotopic (exact) mass is 335 g/mol. The van der Waals surface area contributed by atoms with E-state index < -0.39 is 0 Å². The van der Waals surface area contributed by atoms with Gasteiger partial charge in [0, 0.05) is 26.2 Å². The van der Waals surface area contributed by atoms with Crippen LogP contribution in [-0.4, -0.2) is 38.9 Å². The summed E-state index contributed by atoms with van der Waals surface area (Å²) >= 11 is 0. The molecule has 0 radical (unpaired) electrons. The second-order valence-corrected chi connectivity index (χ2v) is 6.17. The SMILES string of the molecule is CCOCCOCc1cccc(CNC(=NC)NC(C)C(C)C)c1. The average Bonchev–Trinajstić information content (AvgIpc) is 2.58. The molecule has 24 heavy (non-hydrogen) atoms. The van der Waals surface area contributed by atoms with Crippen LogP contribution in [0.5, 0.6) is 0 Å². The Labute approximate surface area is 146 Å². The van der Waals surface area contributed by atoms with Crippen LogP contribution in [0.4, 0.5) is 0 Å². The van der Waals surface area contributed by atoms with Gasteiger partial charge >= 0.3 is 0 Å². The summed E-state index contributed by atoms with van der Waals surface area (Å²) in [6, 6.07) is 8.78. The Hall–Kier alpha value is -1.59. The number of guanidine groups is 1. The van der Waals surface area contributed by atoms with Crippen molar-refractivity contribution >= 4 is 5.96 Å². The molecule has 0 aliphatic carbocycles. The van der Waals surface area contributed by atoms with Crippen LogP contribution >= 0.6 is 0 Å². The molecule has 0 saturated carbocycles. The Morgan fingerprint density at radius 2 is 1.83 bits per heavy atom. The molecule has 0 spiro atoms. The Bertz CT molecular complexity index is 489. The molecule has 1 rings (SSSR count). The van der Waals surface area contributed by atoms with Crippen molar-refractivity contribution in [1.82, 2.24) is 10.6 Å². The molecule has 0 aliphatic rings. The van der Waals surface area contributed by atoms with E-state index in [1.807, 2.05) is 6.92 Å². The summed E-state index contributed by atoms with van der Waals surface area (Å²) in [5.41, 5.74) is 2.38. The maximum atomic E-state index is 5.62. The van der Waals surface area contributed by atoms with Gasteiger partial charge in [0.2, 0.25) is 0 Å². The molecule has 0 bridgehead atoms. The van der Waals surface area contributed by atoms with Crippen LogP contribution in [0.3, 0.4) is 0 Å². The minimum atomic E-state index is 0.376. The second kappa shape index (κ2) is 11.9. The van der Waals surface area contributed by atoms with Crippen molar-refractivity contribution in [1.29, 1.82) is 0 Å². The van der Waals surface area contributed by atoms with Crippen LogP contribution in [0.15, 0.2) is 29.3 Å². The van der Waals surface area contributed by atoms with Gasteiger partial charge in [0.15, 0.2) is 5.96 Å². The highest BCUT2D eigenvalue weighted by molar-refractivity contribution is 5.79. The number of nitrogens with zero attached hydrogens (tertiary/aromatic N) is 1. The minimum Gasteiger partial charge on any atom is -0.379 e. The highest BCUT2D eigenvalue weighted by atomic mass is 16.5. The third kappa shape index (κ3) is 8.31. The number of aliphatic imine (C=N–C) groups is 1. The first kappa shape index (κ1) is 20.5. The summed E-state index contributed by atoms with van der Waals surface area (Å²) in [5.74, 6) is 1.38. The van der Waals surface area contributed by atoms with E-state index in [0.717, 1.165) is 19.1 Å². The topological polar surface area (TPSA) is 54.9 Å². The lowest BCUT2D eigenvalue weighted by molar-refractivity contribution is 0.0453. The number of hydrogen-bond acceptors (Lipinski definition) is 3.